The summed E-state index contributed by atoms with van der Waals surface area (Å²) in [6.45, 7) is -0.941. The van der Waals surface area contributed by atoms with Crippen molar-refractivity contribution in [2.75, 3.05) is 56.9 Å². The standard InChI is InChI=1S/C24H24Cl3N9O9.C18H21N9O6/c25-1-16(37)28-4-10-13-7-45-24(34-13)21(42)33-12(6-30-18(39)3-27)23-36-15(9-44-23)20(41)32-11(5-29-17(38)2-26)22-35-14(8-43-22)19(40)31-10;19-1-7-10-4-33-18(25-10)15(30)24-9(3-21)17-27-12(6-32-17)14(29)23-8(2-20)16-26-11(5-31-16)13(28)22-7/h7-12H,1-6H2,(H,28,37)(H,29,38)(H,30,39)(H,31,40)(H,32,41)(H,33,42);4-9H,1-3,19-21H2,(H,22,28)(H,23,29)(H,24,30)/t10-,11-,12-;7-,8-,9-/m00/s1. The molecule has 2 aliphatic heterocycles. The molecule has 0 radical (unpaired) electrons. The molecule has 8 rings (SSSR count). The van der Waals surface area contributed by atoms with Gasteiger partial charge in [-0.15, -0.1) is 34.8 Å². The third kappa shape index (κ3) is 14.2. The van der Waals surface area contributed by atoms with Gasteiger partial charge in [0.2, 0.25) is 41.3 Å². The normalized spacial score (nSPS) is 19.8. The Morgan fingerprint density at radius 1 is 0.397 bits per heavy atom. The summed E-state index contributed by atoms with van der Waals surface area (Å²) in [7, 11) is 0. The number of carbonyl (C=O) groups excluding carboxylic acids is 9. The summed E-state index contributed by atoms with van der Waals surface area (Å²) in [5.41, 5.74) is 16.8. The first kappa shape index (κ1) is 57.0. The lowest BCUT2D eigenvalue weighted by molar-refractivity contribution is -0.119. The van der Waals surface area contributed by atoms with Crippen LogP contribution < -0.4 is 65.1 Å². The van der Waals surface area contributed by atoms with Gasteiger partial charge in [-0.3, -0.25) is 43.2 Å². The Kier molecular flexibility index (Phi) is 19.2. The van der Waals surface area contributed by atoms with Gasteiger partial charge in [0.05, 0.1) is 12.1 Å². The first-order valence-electron chi connectivity index (χ1n) is 22.7. The van der Waals surface area contributed by atoms with Crippen LogP contribution in [0.4, 0.5) is 0 Å². The predicted molar refractivity (Wildman–Crippen MR) is 259 cm³/mol. The van der Waals surface area contributed by atoms with Crippen molar-refractivity contribution < 1.29 is 69.7 Å². The number of rotatable bonds is 12. The second-order valence-electron chi connectivity index (χ2n) is 16.1. The quantitative estimate of drug-likeness (QED) is 0.0573. The molecule has 36 heteroatoms. The summed E-state index contributed by atoms with van der Waals surface area (Å²) < 4.78 is 32.1. The molecule has 0 unspecified atom stereocenters. The number of fused-ring (bicyclic) bond motifs is 12. The second kappa shape index (κ2) is 26.3. The maximum atomic E-state index is 13.1. The van der Waals surface area contributed by atoms with Gasteiger partial charge in [-0.05, 0) is 0 Å². The van der Waals surface area contributed by atoms with Crippen molar-refractivity contribution in [1.29, 1.82) is 0 Å². The second-order valence-corrected chi connectivity index (χ2v) is 16.9. The third-order valence-corrected chi connectivity index (χ3v) is 11.5. The molecule has 15 N–H and O–H groups in total. The zero-order chi connectivity index (χ0) is 56.0. The maximum Gasteiger partial charge on any atom is 0.307 e. The molecule has 6 atom stereocenters. The van der Waals surface area contributed by atoms with Gasteiger partial charge in [0.1, 0.15) is 90.8 Å². The fourth-order valence-corrected chi connectivity index (χ4v) is 7.08. The van der Waals surface area contributed by atoms with Gasteiger partial charge in [-0.25, -0.2) is 29.9 Å². The summed E-state index contributed by atoms with van der Waals surface area (Å²) in [6.07, 6.45) is 6.50. The highest BCUT2D eigenvalue weighted by molar-refractivity contribution is 6.27. The van der Waals surface area contributed by atoms with Gasteiger partial charge in [0.15, 0.2) is 22.8 Å². The zero-order valence-corrected chi connectivity index (χ0v) is 42.2. The Bertz CT molecular complexity index is 2820. The summed E-state index contributed by atoms with van der Waals surface area (Å²) >= 11 is 16.7. The van der Waals surface area contributed by atoms with Crippen LogP contribution in [0.15, 0.2) is 64.1 Å². The lowest BCUT2D eigenvalue weighted by atomic mass is 10.2. The molecule has 33 nitrogen and oxygen atoms in total. The number of alkyl halides is 3. The van der Waals surface area contributed by atoms with Crippen LogP contribution in [0.2, 0.25) is 0 Å². The maximum absolute atomic E-state index is 13.1. The van der Waals surface area contributed by atoms with Gasteiger partial charge in [-0.1, -0.05) is 0 Å². The van der Waals surface area contributed by atoms with Gasteiger partial charge in [0, 0.05) is 39.3 Å². The summed E-state index contributed by atoms with van der Waals surface area (Å²) in [5.74, 6) is -8.38. The number of amides is 9. The molecule has 0 fully saturated rings. The van der Waals surface area contributed by atoms with Crippen LogP contribution in [-0.2, 0) is 14.4 Å². The molecule has 0 saturated heterocycles. The Hall–Kier alpha value is -8.76. The number of aromatic nitrogens is 6. The van der Waals surface area contributed by atoms with E-state index >= 15 is 0 Å². The number of halogens is 3. The first-order chi connectivity index (χ1) is 37.5. The highest BCUT2D eigenvalue weighted by Gasteiger charge is 2.32. The van der Waals surface area contributed by atoms with Crippen molar-refractivity contribution in [2.24, 2.45) is 17.2 Å². The largest absolute Gasteiger partial charge is 0.446 e. The Morgan fingerprint density at radius 2 is 0.679 bits per heavy atom. The SMILES string of the molecule is NC[C@@H]1NC(=O)c2coc(n2)[C@H](CN)NC(=O)c2coc(n2)[C@H](CN)NC(=O)c2nc1co2.O=C(CCl)NC[C@@H]1NC(=O)c2coc(n2)[C@H](CNC(=O)CCl)NC(=O)c2coc(n2)[C@H](CNC(=O)CCl)NC(=O)c2nc1co2. The Morgan fingerprint density at radius 3 is 1.04 bits per heavy atom. The van der Waals surface area contributed by atoms with Crippen LogP contribution >= 0.6 is 34.8 Å². The van der Waals surface area contributed by atoms with Crippen molar-refractivity contribution in [3.05, 3.63) is 107 Å². The van der Waals surface area contributed by atoms with Crippen molar-refractivity contribution in [3.8, 4) is 0 Å². The fraction of sp³-hybridized carbons (Fsp3) is 0.357. The van der Waals surface area contributed by atoms with Crippen LogP contribution in [0.3, 0.4) is 0 Å². The van der Waals surface area contributed by atoms with Gasteiger partial charge < -0.3 is 91.6 Å². The van der Waals surface area contributed by atoms with Crippen molar-refractivity contribution in [1.82, 2.24) is 77.8 Å². The van der Waals surface area contributed by atoms with Crippen LogP contribution in [-0.4, -0.2) is 140 Å². The monoisotopic (exact) mass is 1150 g/mol. The molecular formula is C42H45Cl3N18O15. The number of nitrogens with two attached hydrogens (primary N) is 3. The first-order valence-corrected chi connectivity index (χ1v) is 24.3. The topological polar surface area (TPSA) is 496 Å². The van der Waals surface area contributed by atoms with E-state index in [1.54, 1.807) is 0 Å². The minimum absolute atomic E-state index is 0.00120. The van der Waals surface area contributed by atoms with Crippen molar-refractivity contribution >= 4 is 88.0 Å². The number of oxazole rings is 6. The molecule has 78 heavy (non-hydrogen) atoms. The van der Waals surface area contributed by atoms with E-state index in [4.69, 9.17) is 78.5 Å². The summed E-state index contributed by atoms with van der Waals surface area (Å²) in [4.78, 5) is 137. The van der Waals surface area contributed by atoms with E-state index in [1.807, 2.05) is 0 Å². The Labute approximate surface area is 451 Å². The summed E-state index contributed by atoms with van der Waals surface area (Å²) in [6, 6.07) is -5.84. The van der Waals surface area contributed by atoms with E-state index in [0.29, 0.717) is 0 Å². The molecule has 0 aliphatic carbocycles. The van der Waals surface area contributed by atoms with Gasteiger partial charge >= 0.3 is 11.8 Å². The van der Waals surface area contributed by atoms with Crippen LogP contribution in [0.5, 0.6) is 0 Å². The summed E-state index contributed by atoms with van der Waals surface area (Å²) in [5, 5.41) is 23.0. The zero-order valence-electron chi connectivity index (χ0n) is 40.0. The molecular weight excluding hydrogens is 1100 g/mol. The molecule has 12 bridgehead atoms. The van der Waals surface area contributed by atoms with Gasteiger partial charge in [0.25, 0.3) is 35.4 Å². The van der Waals surface area contributed by atoms with E-state index in [1.165, 1.54) is 6.26 Å². The number of nitrogens with zero attached hydrogens (tertiary/aromatic N) is 6. The van der Waals surface area contributed by atoms with Crippen LogP contribution in [0, 0.1) is 0 Å². The number of hydrogen-bond donors (Lipinski definition) is 12. The van der Waals surface area contributed by atoms with E-state index in [2.05, 4.69) is 77.8 Å². The molecule has 8 heterocycles. The minimum atomic E-state index is -1.15. The number of carbonyl (C=O) groups is 9. The average Bonchev–Trinajstić information content (AvgIpc) is 4.33. The molecule has 9 amide bonds. The molecule has 0 aromatic carbocycles. The van der Waals surface area contributed by atoms with E-state index in [0.717, 1.165) is 31.3 Å². The number of hydrogen-bond acceptors (Lipinski definition) is 24. The van der Waals surface area contributed by atoms with Gasteiger partial charge in [-0.2, -0.15) is 0 Å². The fourth-order valence-electron chi connectivity index (χ4n) is 6.79. The molecule has 6 aromatic heterocycles. The highest BCUT2D eigenvalue weighted by atomic mass is 35.5. The lowest BCUT2D eigenvalue weighted by Crippen LogP contribution is -2.40. The smallest absolute Gasteiger partial charge is 0.307 e. The van der Waals surface area contributed by atoms with E-state index in [-0.39, 0.29) is 121 Å². The van der Waals surface area contributed by atoms with Crippen molar-refractivity contribution in [3.63, 3.8) is 0 Å². The number of nitrogens with one attached hydrogen (secondary N) is 9. The van der Waals surface area contributed by atoms with E-state index in [9.17, 15) is 43.2 Å². The third-order valence-electron chi connectivity index (χ3n) is 10.8. The predicted octanol–water partition coefficient (Wildman–Crippen LogP) is -2.30. The molecule has 0 saturated carbocycles. The molecule has 6 aromatic rings. The Balaban J connectivity index is 0.000000237. The molecule has 0 spiro atoms. The van der Waals surface area contributed by atoms with Crippen LogP contribution in [0.25, 0.3) is 0 Å². The molecule has 2 aliphatic rings. The van der Waals surface area contributed by atoms with E-state index < -0.39 is 95.3 Å². The average molecular weight is 1150 g/mol. The van der Waals surface area contributed by atoms with Crippen LogP contribution in [0.1, 0.15) is 135 Å². The minimum Gasteiger partial charge on any atom is -0.446 e. The highest BCUT2D eigenvalue weighted by Crippen LogP contribution is 2.22. The van der Waals surface area contributed by atoms with Crippen molar-refractivity contribution in [2.45, 2.75) is 36.3 Å². The molecule has 414 valence electrons. The lowest BCUT2D eigenvalue weighted by Gasteiger charge is -2.17.